The molecule has 0 radical (unpaired) electrons. The molecule has 5 nitrogen and oxygen atoms in total. The van der Waals surface area contributed by atoms with Crippen molar-refractivity contribution in [1.82, 2.24) is 15.0 Å². The first-order chi connectivity index (χ1) is 13.3. The van der Waals surface area contributed by atoms with Crippen molar-refractivity contribution >= 4 is 17.5 Å². The van der Waals surface area contributed by atoms with Crippen molar-refractivity contribution in [3.8, 4) is 11.3 Å². The molecule has 2 aromatic heterocycles. The monoisotopic (exact) mass is 359 g/mol. The SMILES string of the molecule is Cc1ccccc1Nc1cc(-c2ccncc2)nc(NC2CCCCC2)n1. The van der Waals surface area contributed by atoms with Crippen LogP contribution in [0.2, 0.25) is 0 Å². The molecule has 2 heterocycles. The van der Waals surface area contributed by atoms with E-state index in [2.05, 4.69) is 34.7 Å². The Kier molecular flexibility index (Phi) is 5.28. The summed E-state index contributed by atoms with van der Waals surface area (Å²) in [7, 11) is 0. The van der Waals surface area contributed by atoms with Gasteiger partial charge in [0.15, 0.2) is 0 Å². The first-order valence-corrected chi connectivity index (χ1v) is 9.66. The van der Waals surface area contributed by atoms with Crippen LogP contribution in [0.4, 0.5) is 17.5 Å². The molecule has 0 spiro atoms. The minimum Gasteiger partial charge on any atom is -0.351 e. The topological polar surface area (TPSA) is 62.7 Å². The van der Waals surface area contributed by atoms with Gasteiger partial charge in [-0.25, -0.2) is 4.98 Å². The van der Waals surface area contributed by atoms with Crippen LogP contribution in [-0.2, 0) is 0 Å². The molecule has 4 rings (SSSR count). The summed E-state index contributed by atoms with van der Waals surface area (Å²) in [4.78, 5) is 13.6. The van der Waals surface area contributed by atoms with E-state index in [4.69, 9.17) is 9.97 Å². The summed E-state index contributed by atoms with van der Waals surface area (Å²) >= 11 is 0. The zero-order valence-electron chi connectivity index (χ0n) is 15.7. The third kappa shape index (κ3) is 4.42. The summed E-state index contributed by atoms with van der Waals surface area (Å²) in [6.45, 7) is 2.09. The van der Waals surface area contributed by atoms with Crippen molar-refractivity contribution in [3.63, 3.8) is 0 Å². The van der Waals surface area contributed by atoms with Gasteiger partial charge < -0.3 is 10.6 Å². The van der Waals surface area contributed by atoms with Crippen LogP contribution >= 0.6 is 0 Å². The summed E-state index contributed by atoms with van der Waals surface area (Å²) in [5.41, 5.74) is 4.16. The number of rotatable bonds is 5. The zero-order valence-corrected chi connectivity index (χ0v) is 15.7. The molecule has 27 heavy (non-hydrogen) atoms. The van der Waals surface area contributed by atoms with Crippen LogP contribution in [0.3, 0.4) is 0 Å². The van der Waals surface area contributed by atoms with E-state index in [0.717, 1.165) is 22.8 Å². The lowest BCUT2D eigenvalue weighted by molar-refractivity contribution is 0.461. The minimum atomic E-state index is 0.456. The molecular formula is C22H25N5. The van der Waals surface area contributed by atoms with E-state index in [1.165, 1.54) is 37.7 Å². The van der Waals surface area contributed by atoms with Gasteiger partial charge in [-0.1, -0.05) is 37.5 Å². The van der Waals surface area contributed by atoms with E-state index >= 15 is 0 Å². The third-order valence-corrected chi connectivity index (χ3v) is 5.05. The molecule has 2 N–H and O–H groups in total. The summed E-state index contributed by atoms with van der Waals surface area (Å²) in [6.07, 6.45) is 9.83. The van der Waals surface area contributed by atoms with Crippen molar-refractivity contribution in [1.29, 1.82) is 0 Å². The Balaban J connectivity index is 1.66. The number of pyridine rings is 1. The van der Waals surface area contributed by atoms with E-state index in [0.29, 0.717) is 12.0 Å². The minimum absolute atomic E-state index is 0.456. The summed E-state index contributed by atoms with van der Waals surface area (Å²) in [5, 5.41) is 7.01. The normalized spacial score (nSPS) is 14.7. The van der Waals surface area contributed by atoms with Crippen LogP contribution in [0.25, 0.3) is 11.3 Å². The molecule has 138 valence electrons. The molecule has 1 aromatic carbocycles. The highest BCUT2D eigenvalue weighted by Gasteiger charge is 2.15. The predicted octanol–water partition coefficient (Wildman–Crippen LogP) is 5.34. The molecule has 0 amide bonds. The first kappa shape index (κ1) is 17.5. The molecule has 3 aromatic rings. The van der Waals surface area contributed by atoms with Crippen molar-refractivity contribution in [2.24, 2.45) is 0 Å². The molecule has 0 unspecified atom stereocenters. The molecule has 1 aliphatic rings. The van der Waals surface area contributed by atoms with Crippen molar-refractivity contribution < 1.29 is 0 Å². The molecule has 0 bridgehead atoms. The Bertz CT molecular complexity index is 888. The quantitative estimate of drug-likeness (QED) is 0.644. The molecule has 0 saturated heterocycles. The standard InChI is InChI=1S/C22H25N5/c1-16-7-5-6-10-19(16)25-21-15-20(17-11-13-23-14-12-17)26-22(27-21)24-18-8-3-2-4-9-18/h5-7,10-15,18H,2-4,8-9H2,1H3,(H2,24,25,26,27). The number of hydrogen-bond acceptors (Lipinski definition) is 5. The van der Waals surface area contributed by atoms with Crippen LogP contribution in [0.5, 0.6) is 0 Å². The maximum atomic E-state index is 4.77. The lowest BCUT2D eigenvalue weighted by atomic mass is 9.96. The summed E-state index contributed by atoms with van der Waals surface area (Å²) < 4.78 is 0. The Morgan fingerprint density at radius 1 is 0.926 bits per heavy atom. The van der Waals surface area contributed by atoms with E-state index < -0.39 is 0 Å². The fraction of sp³-hybridized carbons (Fsp3) is 0.318. The van der Waals surface area contributed by atoms with Crippen molar-refractivity contribution in [2.75, 3.05) is 10.6 Å². The predicted molar refractivity (Wildman–Crippen MR) is 110 cm³/mol. The lowest BCUT2D eigenvalue weighted by Gasteiger charge is -2.23. The largest absolute Gasteiger partial charge is 0.351 e. The van der Waals surface area contributed by atoms with E-state index in [1.54, 1.807) is 12.4 Å². The number of nitrogens with zero attached hydrogens (tertiary/aromatic N) is 3. The Labute approximate surface area is 160 Å². The number of nitrogens with one attached hydrogen (secondary N) is 2. The van der Waals surface area contributed by atoms with Gasteiger partial charge in [-0.2, -0.15) is 4.98 Å². The van der Waals surface area contributed by atoms with Gasteiger partial charge in [0, 0.05) is 35.8 Å². The third-order valence-electron chi connectivity index (χ3n) is 5.05. The Hall–Kier alpha value is -2.95. The molecule has 0 atom stereocenters. The summed E-state index contributed by atoms with van der Waals surface area (Å²) in [5.74, 6) is 1.48. The zero-order chi connectivity index (χ0) is 18.5. The van der Waals surface area contributed by atoms with Gasteiger partial charge in [0.2, 0.25) is 5.95 Å². The lowest BCUT2D eigenvalue weighted by Crippen LogP contribution is -2.23. The Morgan fingerprint density at radius 3 is 2.48 bits per heavy atom. The van der Waals surface area contributed by atoms with Gasteiger partial charge in [-0.3, -0.25) is 4.98 Å². The maximum absolute atomic E-state index is 4.77. The molecular weight excluding hydrogens is 334 g/mol. The number of para-hydroxylation sites is 1. The van der Waals surface area contributed by atoms with E-state index in [1.807, 2.05) is 30.3 Å². The van der Waals surface area contributed by atoms with Gasteiger partial charge >= 0.3 is 0 Å². The number of hydrogen-bond donors (Lipinski definition) is 2. The van der Waals surface area contributed by atoms with Crippen molar-refractivity contribution in [2.45, 2.75) is 45.1 Å². The van der Waals surface area contributed by atoms with Gasteiger partial charge in [0.05, 0.1) is 5.69 Å². The first-order valence-electron chi connectivity index (χ1n) is 9.66. The van der Waals surface area contributed by atoms with Crippen LogP contribution < -0.4 is 10.6 Å². The fourth-order valence-corrected chi connectivity index (χ4v) is 3.53. The second kappa shape index (κ2) is 8.16. The highest BCUT2D eigenvalue weighted by atomic mass is 15.2. The van der Waals surface area contributed by atoms with E-state index in [9.17, 15) is 0 Å². The van der Waals surface area contributed by atoms with Crippen LogP contribution in [0.15, 0.2) is 54.9 Å². The molecule has 1 aliphatic carbocycles. The number of aryl methyl sites for hydroxylation is 1. The fourth-order valence-electron chi connectivity index (χ4n) is 3.53. The van der Waals surface area contributed by atoms with Crippen LogP contribution in [0, 0.1) is 6.92 Å². The smallest absolute Gasteiger partial charge is 0.225 e. The average Bonchev–Trinajstić information content (AvgIpc) is 2.71. The number of benzene rings is 1. The average molecular weight is 359 g/mol. The van der Waals surface area contributed by atoms with E-state index in [-0.39, 0.29) is 0 Å². The highest BCUT2D eigenvalue weighted by molar-refractivity contribution is 5.68. The summed E-state index contributed by atoms with van der Waals surface area (Å²) in [6, 6.07) is 14.6. The molecule has 1 saturated carbocycles. The highest BCUT2D eigenvalue weighted by Crippen LogP contribution is 2.26. The Morgan fingerprint density at radius 2 is 1.70 bits per heavy atom. The van der Waals surface area contributed by atoms with Gasteiger partial charge in [-0.15, -0.1) is 0 Å². The van der Waals surface area contributed by atoms with Crippen LogP contribution in [0.1, 0.15) is 37.7 Å². The van der Waals surface area contributed by atoms with Crippen LogP contribution in [-0.4, -0.2) is 21.0 Å². The molecule has 1 fully saturated rings. The maximum Gasteiger partial charge on any atom is 0.225 e. The second-order valence-electron chi connectivity index (χ2n) is 7.12. The number of aromatic nitrogens is 3. The molecule has 5 heteroatoms. The van der Waals surface area contributed by atoms with Gasteiger partial charge in [0.1, 0.15) is 5.82 Å². The van der Waals surface area contributed by atoms with Crippen molar-refractivity contribution in [3.05, 3.63) is 60.4 Å². The number of anilines is 3. The second-order valence-corrected chi connectivity index (χ2v) is 7.12. The molecule has 0 aliphatic heterocycles. The van der Waals surface area contributed by atoms with Gasteiger partial charge in [0.25, 0.3) is 0 Å². The van der Waals surface area contributed by atoms with Gasteiger partial charge in [-0.05, 0) is 43.5 Å².